The van der Waals surface area contributed by atoms with Crippen LogP contribution in [0.3, 0.4) is 0 Å². The van der Waals surface area contributed by atoms with Crippen molar-refractivity contribution in [2.24, 2.45) is 0 Å². The normalized spacial score (nSPS) is 10.1. The molecule has 2 aromatic carbocycles. The maximum Gasteiger partial charge on any atom is 0.262 e. The third kappa shape index (κ3) is 3.71. The highest BCUT2D eigenvalue weighted by molar-refractivity contribution is 5.92. The standard InChI is InChI=1S/C15H15FN2O2/c1-10-7-11(16)5-6-14(10)18-15(19)9-20-13-4-2-3-12(17)8-13/h2-8H,9,17H2,1H3,(H,18,19). The van der Waals surface area contributed by atoms with E-state index in [2.05, 4.69) is 5.32 Å². The molecule has 1 amide bonds. The Kier molecular flexibility index (Phi) is 4.20. The number of rotatable bonds is 4. The van der Waals surface area contributed by atoms with Crippen LogP contribution in [0.4, 0.5) is 15.8 Å². The summed E-state index contributed by atoms with van der Waals surface area (Å²) in [6.45, 7) is 1.58. The van der Waals surface area contributed by atoms with Crippen molar-refractivity contribution in [3.63, 3.8) is 0 Å². The minimum absolute atomic E-state index is 0.139. The first-order valence-electron chi connectivity index (χ1n) is 6.09. The molecular weight excluding hydrogens is 259 g/mol. The zero-order valence-electron chi connectivity index (χ0n) is 11.0. The Hall–Kier alpha value is -2.56. The van der Waals surface area contributed by atoms with Gasteiger partial charge in [-0.15, -0.1) is 0 Å². The van der Waals surface area contributed by atoms with Crippen molar-refractivity contribution in [2.75, 3.05) is 17.7 Å². The Labute approximate surface area is 116 Å². The molecule has 0 aromatic heterocycles. The molecule has 0 saturated heterocycles. The summed E-state index contributed by atoms with van der Waals surface area (Å²) in [4.78, 5) is 11.7. The van der Waals surface area contributed by atoms with Gasteiger partial charge >= 0.3 is 0 Å². The molecule has 0 unspecified atom stereocenters. The Balaban J connectivity index is 1.92. The number of carbonyl (C=O) groups is 1. The molecule has 0 aliphatic heterocycles. The molecule has 5 heteroatoms. The number of nitrogens with one attached hydrogen (secondary N) is 1. The van der Waals surface area contributed by atoms with Crippen LogP contribution >= 0.6 is 0 Å². The van der Waals surface area contributed by atoms with E-state index in [1.165, 1.54) is 18.2 Å². The third-order valence-corrected chi connectivity index (χ3v) is 2.69. The van der Waals surface area contributed by atoms with Crippen LogP contribution < -0.4 is 15.8 Å². The van der Waals surface area contributed by atoms with Crippen molar-refractivity contribution < 1.29 is 13.9 Å². The second kappa shape index (κ2) is 6.06. The lowest BCUT2D eigenvalue weighted by atomic mass is 10.2. The second-order valence-corrected chi connectivity index (χ2v) is 4.37. The lowest BCUT2D eigenvalue weighted by molar-refractivity contribution is -0.118. The number of amides is 1. The van der Waals surface area contributed by atoms with Crippen molar-refractivity contribution in [3.8, 4) is 5.75 Å². The van der Waals surface area contributed by atoms with Crippen molar-refractivity contribution in [1.29, 1.82) is 0 Å². The Bertz CT molecular complexity index is 629. The third-order valence-electron chi connectivity index (χ3n) is 2.69. The average Bonchev–Trinajstić information content (AvgIpc) is 2.40. The number of carbonyl (C=O) groups excluding carboxylic acids is 1. The van der Waals surface area contributed by atoms with E-state index in [1.807, 2.05) is 0 Å². The second-order valence-electron chi connectivity index (χ2n) is 4.37. The van der Waals surface area contributed by atoms with Gasteiger partial charge in [0.1, 0.15) is 11.6 Å². The van der Waals surface area contributed by atoms with Gasteiger partial charge in [0, 0.05) is 17.4 Å². The van der Waals surface area contributed by atoms with Gasteiger partial charge in [0.15, 0.2) is 6.61 Å². The number of hydrogen-bond donors (Lipinski definition) is 2. The number of ether oxygens (including phenoxy) is 1. The molecule has 2 rings (SSSR count). The van der Waals surface area contributed by atoms with E-state index in [0.717, 1.165) is 0 Å². The van der Waals surface area contributed by atoms with Crippen LogP contribution in [-0.2, 0) is 4.79 Å². The smallest absolute Gasteiger partial charge is 0.262 e. The van der Waals surface area contributed by atoms with Crippen LogP contribution in [-0.4, -0.2) is 12.5 Å². The summed E-state index contributed by atoms with van der Waals surface area (Å²) in [5.41, 5.74) is 7.39. The molecule has 0 radical (unpaired) electrons. The molecule has 4 nitrogen and oxygen atoms in total. The summed E-state index contributed by atoms with van der Waals surface area (Å²) in [5, 5.41) is 2.66. The van der Waals surface area contributed by atoms with E-state index in [0.29, 0.717) is 22.7 Å². The molecule has 0 saturated carbocycles. The van der Waals surface area contributed by atoms with Crippen LogP contribution in [0.15, 0.2) is 42.5 Å². The van der Waals surface area contributed by atoms with Crippen LogP contribution in [0.5, 0.6) is 5.75 Å². The molecule has 0 fully saturated rings. The lowest BCUT2D eigenvalue weighted by Gasteiger charge is -2.10. The molecule has 0 spiro atoms. The van der Waals surface area contributed by atoms with E-state index >= 15 is 0 Å². The zero-order chi connectivity index (χ0) is 14.5. The van der Waals surface area contributed by atoms with E-state index in [9.17, 15) is 9.18 Å². The number of aryl methyl sites for hydroxylation is 1. The summed E-state index contributed by atoms with van der Waals surface area (Å²) in [6, 6.07) is 11.0. The number of benzene rings is 2. The SMILES string of the molecule is Cc1cc(F)ccc1NC(=O)COc1cccc(N)c1. The van der Waals surface area contributed by atoms with E-state index in [-0.39, 0.29) is 18.3 Å². The molecule has 20 heavy (non-hydrogen) atoms. The van der Waals surface area contributed by atoms with E-state index < -0.39 is 0 Å². The van der Waals surface area contributed by atoms with Crippen LogP contribution in [0.2, 0.25) is 0 Å². The Morgan fingerprint density at radius 1 is 1.30 bits per heavy atom. The van der Waals surface area contributed by atoms with E-state index in [1.54, 1.807) is 31.2 Å². The molecule has 0 aliphatic rings. The van der Waals surface area contributed by atoms with Gasteiger partial charge in [-0.2, -0.15) is 0 Å². The molecule has 0 atom stereocenters. The van der Waals surface area contributed by atoms with Gasteiger partial charge < -0.3 is 15.8 Å². The molecule has 0 aliphatic carbocycles. The number of halogens is 1. The molecule has 3 N–H and O–H groups in total. The first-order valence-corrected chi connectivity index (χ1v) is 6.09. The highest BCUT2D eigenvalue weighted by atomic mass is 19.1. The van der Waals surface area contributed by atoms with Gasteiger partial charge in [0.25, 0.3) is 5.91 Å². The largest absolute Gasteiger partial charge is 0.484 e. The molecular formula is C15H15FN2O2. The molecule has 0 heterocycles. The predicted octanol–water partition coefficient (Wildman–Crippen LogP) is 2.73. The number of anilines is 2. The highest BCUT2D eigenvalue weighted by Crippen LogP contribution is 2.16. The monoisotopic (exact) mass is 274 g/mol. The van der Waals surface area contributed by atoms with Gasteiger partial charge in [-0.25, -0.2) is 4.39 Å². The van der Waals surface area contributed by atoms with Crippen molar-refractivity contribution in [3.05, 3.63) is 53.8 Å². The summed E-state index contributed by atoms with van der Waals surface area (Å²) in [7, 11) is 0. The average molecular weight is 274 g/mol. The quantitative estimate of drug-likeness (QED) is 0.842. The van der Waals surface area contributed by atoms with Crippen molar-refractivity contribution in [1.82, 2.24) is 0 Å². The fraction of sp³-hybridized carbons (Fsp3) is 0.133. The fourth-order valence-corrected chi connectivity index (χ4v) is 1.71. The lowest BCUT2D eigenvalue weighted by Crippen LogP contribution is -2.20. The first-order chi connectivity index (χ1) is 9.54. The van der Waals surface area contributed by atoms with Gasteiger partial charge in [0.2, 0.25) is 0 Å². The Morgan fingerprint density at radius 3 is 2.80 bits per heavy atom. The highest BCUT2D eigenvalue weighted by Gasteiger charge is 2.06. The maximum absolute atomic E-state index is 12.9. The number of nitrogens with two attached hydrogens (primary N) is 1. The predicted molar refractivity (Wildman–Crippen MR) is 76.1 cm³/mol. The van der Waals surface area contributed by atoms with Gasteiger partial charge in [-0.05, 0) is 42.8 Å². The molecule has 2 aromatic rings. The number of nitrogen functional groups attached to an aromatic ring is 1. The first kappa shape index (κ1) is 13.9. The summed E-state index contributed by atoms with van der Waals surface area (Å²) in [6.07, 6.45) is 0. The summed E-state index contributed by atoms with van der Waals surface area (Å²) < 4.78 is 18.3. The Morgan fingerprint density at radius 2 is 2.10 bits per heavy atom. The van der Waals surface area contributed by atoms with Crippen LogP contribution in [0, 0.1) is 12.7 Å². The number of hydrogen-bond acceptors (Lipinski definition) is 3. The minimum Gasteiger partial charge on any atom is -0.484 e. The van der Waals surface area contributed by atoms with E-state index in [4.69, 9.17) is 10.5 Å². The minimum atomic E-state index is -0.337. The van der Waals surface area contributed by atoms with Crippen LogP contribution in [0.25, 0.3) is 0 Å². The van der Waals surface area contributed by atoms with Gasteiger partial charge in [-0.1, -0.05) is 6.07 Å². The van der Waals surface area contributed by atoms with Crippen LogP contribution in [0.1, 0.15) is 5.56 Å². The summed E-state index contributed by atoms with van der Waals surface area (Å²) in [5.74, 6) is -0.130. The topological polar surface area (TPSA) is 64.3 Å². The summed E-state index contributed by atoms with van der Waals surface area (Å²) >= 11 is 0. The van der Waals surface area contributed by atoms with Gasteiger partial charge in [-0.3, -0.25) is 4.79 Å². The zero-order valence-corrected chi connectivity index (χ0v) is 11.0. The van der Waals surface area contributed by atoms with Crippen molar-refractivity contribution in [2.45, 2.75) is 6.92 Å². The molecule has 104 valence electrons. The van der Waals surface area contributed by atoms with Gasteiger partial charge in [0.05, 0.1) is 0 Å². The fourth-order valence-electron chi connectivity index (χ4n) is 1.71. The van der Waals surface area contributed by atoms with Crippen molar-refractivity contribution >= 4 is 17.3 Å². The molecule has 0 bridgehead atoms. The maximum atomic E-state index is 12.9.